The normalized spacial score (nSPS) is 11.0. The van der Waals surface area contributed by atoms with Crippen LogP contribution < -0.4 is 14.8 Å². The highest BCUT2D eigenvalue weighted by molar-refractivity contribution is 7.16. The van der Waals surface area contributed by atoms with Crippen molar-refractivity contribution in [2.45, 2.75) is 6.92 Å². The number of anilines is 1. The highest BCUT2D eigenvalue weighted by Crippen LogP contribution is 2.25. The number of aromatic nitrogens is 2. The van der Waals surface area contributed by atoms with Crippen LogP contribution in [-0.2, 0) is 4.74 Å². The first-order valence-corrected chi connectivity index (χ1v) is 12.7. The van der Waals surface area contributed by atoms with Crippen LogP contribution in [0.3, 0.4) is 0 Å². The Balaban J connectivity index is 1.21. The average molecular weight is 527 g/mol. The van der Waals surface area contributed by atoms with Crippen LogP contribution in [0.1, 0.15) is 26.5 Å². The van der Waals surface area contributed by atoms with E-state index in [2.05, 4.69) is 21.6 Å². The highest BCUT2D eigenvalue weighted by atomic mass is 32.1. The summed E-state index contributed by atoms with van der Waals surface area (Å²) in [6, 6.07) is 26.2. The number of allylic oxidation sites excluding steroid dienone is 1. The minimum Gasteiger partial charge on any atom is -0.491 e. The Bertz CT molecular complexity index is 1400. The van der Waals surface area contributed by atoms with E-state index in [0.29, 0.717) is 53.5 Å². The van der Waals surface area contributed by atoms with Gasteiger partial charge in [-0.05, 0) is 55.0 Å². The van der Waals surface area contributed by atoms with E-state index in [-0.39, 0.29) is 5.91 Å². The lowest BCUT2D eigenvalue weighted by Gasteiger charge is -2.09. The van der Waals surface area contributed by atoms with Gasteiger partial charge in [-0.2, -0.15) is 5.26 Å². The molecule has 0 unspecified atom stereocenters. The molecule has 1 N–H and O–H groups in total. The fourth-order valence-corrected chi connectivity index (χ4v) is 3.99. The number of carbonyl (C=O) groups is 1. The number of aryl methyl sites for hydroxylation is 1. The molecule has 0 radical (unpaired) electrons. The van der Waals surface area contributed by atoms with E-state index < -0.39 is 0 Å². The van der Waals surface area contributed by atoms with Gasteiger partial charge in [0.1, 0.15) is 30.8 Å². The molecule has 0 atom stereocenters. The van der Waals surface area contributed by atoms with Crippen molar-refractivity contribution in [2.75, 3.05) is 31.7 Å². The lowest BCUT2D eigenvalue weighted by Crippen LogP contribution is -2.12. The second-order valence-electron chi connectivity index (χ2n) is 8.09. The van der Waals surface area contributed by atoms with Crippen LogP contribution in [0.15, 0.2) is 78.9 Å². The van der Waals surface area contributed by atoms with E-state index in [0.717, 1.165) is 22.6 Å². The van der Waals surface area contributed by atoms with Gasteiger partial charge >= 0.3 is 0 Å². The monoisotopic (exact) mass is 526 g/mol. The first kappa shape index (κ1) is 26.5. The molecule has 9 heteroatoms. The molecule has 0 saturated carbocycles. The Kier molecular flexibility index (Phi) is 9.56. The van der Waals surface area contributed by atoms with Crippen LogP contribution in [0.25, 0.3) is 11.6 Å². The lowest BCUT2D eigenvalue weighted by atomic mass is 10.1. The van der Waals surface area contributed by atoms with Crippen LogP contribution in [0, 0.1) is 18.3 Å². The van der Waals surface area contributed by atoms with E-state index in [9.17, 15) is 10.1 Å². The maximum Gasteiger partial charge on any atom is 0.257 e. The van der Waals surface area contributed by atoms with Crippen molar-refractivity contribution >= 4 is 34.0 Å². The number of amides is 1. The lowest BCUT2D eigenvalue weighted by molar-refractivity contribution is 0.0764. The molecule has 3 aromatic carbocycles. The summed E-state index contributed by atoms with van der Waals surface area (Å²) in [6.45, 7) is 3.83. The minimum atomic E-state index is -0.285. The van der Waals surface area contributed by atoms with Crippen molar-refractivity contribution in [2.24, 2.45) is 0 Å². The van der Waals surface area contributed by atoms with Crippen LogP contribution in [0.5, 0.6) is 11.5 Å². The zero-order valence-corrected chi connectivity index (χ0v) is 21.6. The molecule has 4 rings (SSSR count). The fraction of sp³-hybridized carbons (Fsp3) is 0.172. The Morgan fingerprint density at radius 3 is 2.16 bits per heavy atom. The molecule has 0 aliphatic heterocycles. The average Bonchev–Trinajstić information content (AvgIpc) is 3.41. The largest absolute Gasteiger partial charge is 0.491 e. The van der Waals surface area contributed by atoms with Gasteiger partial charge in [0.2, 0.25) is 5.13 Å². The molecule has 192 valence electrons. The predicted octanol–water partition coefficient (Wildman–Crippen LogP) is 5.64. The number of benzene rings is 3. The van der Waals surface area contributed by atoms with Gasteiger partial charge in [-0.3, -0.25) is 10.1 Å². The predicted molar refractivity (Wildman–Crippen MR) is 147 cm³/mol. The van der Waals surface area contributed by atoms with Crippen molar-refractivity contribution < 1.29 is 19.0 Å². The summed E-state index contributed by atoms with van der Waals surface area (Å²) in [6.07, 6.45) is 1.71. The first-order chi connectivity index (χ1) is 18.6. The molecule has 0 bridgehead atoms. The third-order valence-electron chi connectivity index (χ3n) is 5.24. The third kappa shape index (κ3) is 8.00. The smallest absolute Gasteiger partial charge is 0.257 e. The van der Waals surface area contributed by atoms with Crippen molar-refractivity contribution in [3.05, 3.63) is 101 Å². The minimum absolute atomic E-state index is 0.285. The number of carbonyl (C=O) groups excluding carboxylic acids is 1. The third-order valence-corrected chi connectivity index (χ3v) is 6.11. The zero-order valence-electron chi connectivity index (χ0n) is 20.8. The number of nitrogens with zero attached hydrogens (tertiary/aromatic N) is 3. The van der Waals surface area contributed by atoms with Crippen LogP contribution >= 0.6 is 11.3 Å². The molecule has 1 amide bonds. The van der Waals surface area contributed by atoms with Gasteiger partial charge in [-0.1, -0.05) is 59.4 Å². The molecule has 1 aromatic heterocycles. The first-order valence-electron chi connectivity index (χ1n) is 11.9. The molecule has 0 aliphatic rings. The SMILES string of the molecule is Cc1ccc(OCCOCCOc2ccc(/C=C(\C#N)c3nnc(NC(=O)c4ccccc4)s3)cc2)cc1. The summed E-state index contributed by atoms with van der Waals surface area (Å²) in [5.74, 6) is 1.24. The molecule has 4 aromatic rings. The van der Waals surface area contributed by atoms with Crippen LogP contribution in [0.4, 0.5) is 5.13 Å². The van der Waals surface area contributed by atoms with Gasteiger partial charge in [0.15, 0.2) is 5.01 Å². The summed E-state index contributed by atoms with van der Waals surface area (Å²) < 4.78 is 16.9. The van der Waals surface area contributed by atoms with Gasteiger partial charge < -0.3 is 14.2 Å². The van der Waals surface area contributed by atoms with Gasteiger partial charge in [0.25, 0.3) is 5.91 Å². The molecule has 0 saturated heterocycles. The molecule has 1 heterocycles. The van der Waals surface area contributed by atoms with Crippen molar-refractivity contribution in [3.8, 4) is 17.6 Å². The zero-order chi connectivity index (χ0) is 26.6. The van der Waals surface area contributed by atoms with E-state index in [1.807, 2.05) is 61.5 Å². The Morgan fingerprint density at radius 1 is 0.895 bits per heavy atom. The van der Waals surface area contributed by atoms with Crippen LogP contribution in [-0.4, -0.2) is 42.5 Å². The molecular formula is C29H26N4O4S. The number of hydrogen-bond donors (Lipinski definition) is 1. The van der Waals surface area contributed by atoms with Crippen LogP contribution in [0.2, 0.25) is 0 Å². The Hall–Kier alpha value is -4.52. The number of nitriles is 1. The highest BCUT2D eigenvalue weighted by Gasteiger charge is 2.13. The summed E-state index contributed by atoms with van der Waals surface area (Å²) in [4.78, 5) is 12.3. The summed E-state index contributed by atoms with van der Waals surface area (Å²) in [7, 11) is 0. The number of rotatable bonds is 12. The van der Waals surface area contributed by atoms with E-state index in [4.69, 9.17) is 14.2 Å². The fourth-order valence-electron chi connectivity index (χ4n) is 3.28. The van der Waals surface area contributed by atoms with E-state index in [1.54, 1.807) is 30.3 Å². The topological polar surface area (TPSA) is 106 Å². The summed E-state index contributed by atoms with van der Waals surface area (Å²) in [5.41, 5.74) is 2.86. The standard InChI is InChI=1S/C29H26N4O4S/c1-21-7-11-25(12-8-21)36-17-15-35-16-18-37-26-13-9-22(10-14-26)19-24(20-30)28-32-33-29(38-28)31-27(34)23-5-3-2-4-6-23/h2-14,19H,15-18H2,1H3,(H,31,33,34)/b24-19+. The van der Waals surface area contributed by atoms with Gasteiger partial charge in [0, 0.05) is 5.56 Å². The van der Waals surface area contributed by atoms with E-state index in [1.165, 1.54) is 5.56 Å². The number of nitrogens with one attached hydrogen (secondary N) is 1. The molecule has 38 heavy (non-hydrogen) atoms. The Labute approximate surface area is 225 Å². The molecule has 0 fully saturated rings. The van der Waals surface area contributed by atoms with Crippen molar-refractivity contribution in [3.63, 3.8) is 0 Å². The van der Waals surface area contributed by atoms with Gasteiger partial charge in [-0.25, -0.2) is 0 Å². The van der Waals surface area contributed by atoms with Crippen molar-refractivity contribution in [1.82, 2.24) is 10.2 Å². The Morgan fingerprint density at radius 2 is 1.53 bits per heavy atom. The van der Waals surface area contributed by atoms with Gasteiger partial charge in [-0.15, -0.1) is 10.2 Å². The number of hydrogen-bond acceptors (Lipinski definition) is 8. The molecular weight excluding hydrogens is 500 g/mol. The molecule has 0 spiro atoms. The summed E-state index contributed by atoms with van der Waals surface area (Å²) >= 11 is 1.14. The summed E-state index contributed by atoms with van der Waals surface area (Å²) in [5, 5.41) is 21.1. The van der Waals surface area contributed by atoms with Gasteiger partial charge in [0.05, 0.1) is 18.8 Å². The molecule has 0 aliphatic carbocycles. The number of ether oxygens (including phenoxy) is 3. The molecule has 8 nitrogen and oxygen atoms in total. The second-order valence-corrected chi connectivity index (χ2v) is 9.07. The quantitative estimate of drug-likeness (QED) is 0.188. The second kappa shape index (κ2) is 13.7. The maximum absolute atomic E-state index is 12.3. The van der Waals surface area contributed by atoms with Crippen molar-refractivity contribution in [1.29, 1.82) is 5.26 Å². The maximum atomic E-state index is 12.3. The van der Waals surface area contributed by atoms with E-state index >= 15 is 0 Å².